The maximum atomic E-state index is 12.5. The van der Waals surface area contributed by atoms with E-state index in [-0.39, 0.29) is 18.4 Å². The smallest absolute Gasteiger partial charge is 0.254 e. The molecule has 0 unspecified atom stereocenters. The molecule has 118 valence electrons. The van der Waals surface area contributed by atoms with E-state index in [0.29, 0.717) is 28.7 Å². The van der Waals surface area contributed by atoms with E-state index in [1.54, 1.807) is 17.0 Å². The SMILES string of the molecule is O=C(c1ccc(Cl)c(Cl)c1)N1CCN(c2ccccc2)C(=O)C1. The molecular weight excluding hydrogens is 335 g/mol. The zero-order valence-corrected chi connectivity index (χ0v) is 13.7. The number of benzene rings is 2. The summed E-state index contributed by atoms with van der Waals surface area (Å²) in [6.45, 7) is 0.990. The van der Waals surface area contributed by atoms with Crippen molar-refractivity contribution >= 4 is 40.7 Å². The number of hydrogen-bond acceptors (Lipinski definition) is 2. The summed E-state index contributed by atoms with van der Waals surface area (Å²) in [5.41, 5.74) is 1.28. The molecule has 1 saturated heterocycles. The van der Waals surface area contributed by atoms with E-state index in [1.807, 2.05) is 30.3 Å². The summed E-state index contributed by atoms with van der Waals surface area (Å²) in [6.07, 6.45) is 0. The summed E-state index contributed by atoms with van der Waals surface area (Å²) in [7, 11) is 0. The molecule has 23 heavy (non-hydrogen) atoms. The Bertz CT molecular complexity index is 750. The van der Waals surface area contributed by atoms with Crippen molar-refractivity contribution in [1.29, 1.82) is 0 Å². The second kappa shape index (κ2) is 6.60. The summed E-state index contributed by atoms with van der Waals surface area (Å²) in [6, 6.07) is 14.2. The highest BCUT2D eigenvalue weighted by Crippen LogP contribution is 2.24. The number of amides is 2. The normalized spacial score (nSPS) is 15.0. The van der Waals surface area contributed by atoms with Gasteiger partial charge in [-0.2, -0.15) is 0 Å². The van der Waals surface area contributed by atoms with Gasteiger partial charge in [-0.05, 0) is 30.3 Å². The Balaban J connectivity index is 1.73. The topological polar surface area (TPSA) is 40.6 Å². The summed E-state index contributed by atoms with van der Waals surface area (Å²) >= 11 is 11.8. The fourth-order valence-electron chi connectivity index (χ4n) is 2.54. The summed E-state index contributed by atoms with van der Waals surface area (Å²) in [4.78, 5) is 28.1. The number of carbonyl (C=O) groups is 2. The highest BCUT2D eigenvalue weighted by Gasteiger charge is 2.28. The van der Waals surface area contributed by atoms with E-state index in [2.05, 4.69) is 0 Å². The number of carbonyl (C=O) groups excluding carboxylic acids is 2. The molecule has 1 aliphatic rings. The summed E-state index contributed by atoms with van der Waals surface area (Å²) in [5, 5.41) is 0.722. The molecule has 6 heteroatoms. The zero-order valence-electron chi connectivity index (χ0n) is 12.2. The van der Waals surface area contributed by atoms with E-state index >= 15 is 0 Å². The van der Waals surface area contributed by atoms with Crippen LogP contribution in [0.1, 0.15) is 10.4 Å². The minimum atomic E-state index is -0.218. The Hall–Kier alpha value is -2.04. The lowest BCUT2D eigenvalue weighted by Crippen LogP contribution is -2.52. The Morgan fingerprint density at radius 3 is 2.35 bits per heavy atom. The van der Waals surface area contributed by atoms with Gasteiger partial charge in [0.05, 0.1) is 10.0 Å². The minimum absolute atomic E-state index is 0.0496. The zero-order chi connectivity index (χ0) is 16.4. The lowest BCUT2D eigenvalue weighted by Gasteiger charge is -2.34. The molecule has 0 bridgehead atoms. The van der Waals surface area contributed by atoms with Gasteiger partial charge < -0.3 is 9.80 Å². The van der Waals surface area contributed by atoms with E-state index < -0.39 is 0 Å². The van der Waals surface area contributed by atoms with Crippen molar-refractivity contribution in [2.45, 2.75) is 0 Å². The predicted molar refractivity (Wildman–Crippen MR) is 91.2 cm³/mol. The van der Waals surface area contributed by atoms with Gasteiger partial charge >= 0.3 is 0 Å². The third kappa shape index (κ3) is 3.33. The van der Waals surface area contributed by atoms with Crippen LogP contribution < -0.4 is 4.90 Å². The highest BCUT2D eigenvalue weighted by molar-refractivity contribution is 6.42. The van der Waals surface area contributed by atoms with Gasteiger partial charge in [0, 0.05) is 24.3 Å². The predicted octanol–water partition coefficient (Wildman–Crippen LogP) is 3.48. The average molecular weight is 349 g/mol. The van der Waals surface area contributed by atoms with Crippen molar-refractivity contribution in [2.75, 3.05) is 24.5 Å². The van der Waals surface area contributed by atoms with Gasteiger partial charge in [0.2, 0.25) is 5.91 Å². The molecule has 0 saturated carbocycles. The van der Waals surface area contributed by atoms with E-state index in [1.165, 1.54) is 11.0 Å². The standard InChI is InChI=1S/C17H14Cl2N2O2/c18-14-7-6-12(10-15(14)19)17(23)20-8-9-21(16(22)11-20)13-4-2-1-3-5-13/h1-7,10H,8-9,11H2. The van der Waals surface area contributed by atoms with Gasteiger partial charge in [0.1, 0.15) is 6.54 Å². The summed E-state index contributed by atoms with van der Waals surface area (Å²) in [5.74, 6) is -0.319. The average Bonchev–Trinajstić information content (AvgIpc) is 2.57. The molecule has 0 radical (unpaired) electrons. The fraction of sp³-hybridized carbons (Fsp3) is 0.176. The van der Waals surface area contributed by atoms with Crippen LogP contribution in [0.4, 0.5) is 5.69 Å². The third-order valence-corrected chi connectivity index (χ3v) is 4.48. The first-order valence-electron chi connectivity index (χ1n) is 7.16. The van der Waals surface area contributed by atoms with Gasteiger partial charge in [0.15, 0.2) is 0 Å². The molecule has 0 spiro atoms. The van der Waals surface area contributed by atoms with Gasteiger partial charge in [0.25, 0.3) is 5.91 Å². The molecule has 0 N–H and O–H groups in total. The van der Waals surface area contributed by atoms with Crippen LogP contribution in [0.2, 0.25) is 10.0 Å². The first-order chi connectivity index (χ1) is 11.1. The first kappa shape index (κ1) is 15.8. The second-order valence-electron chi connectivity index (χ2n) is 5.24. The number of para-hydroxylation sites is 1. The van der Waals surface area contributed by atoms with E-state index in [4.69, 9.17) is 23.2 Å². The largest absolute Gasteiger partial charge is 0.328 e. The van der Waals surface area contributed by atoms with Crippen molar-refractivity contribution in [3.8, 4) is 0 Å². The number of rotatable bonds is 2. The van der Waals surface area contributed by atoms with Crippen molar-refractivity contribution in [3.05, 3.63) is 64.1 Å². The van der Waals surface area contributed by atoms with Crippen molar-refractivity contribution < 1.29 is 9.59 Å². The molecule has 2 aromatic rings. The number of hydrogen-bond donors (Lipinski definition) is 0. The molecule has 1 heterocycles. The van der Waals surface area contributed by atoms with Crippen LogP contribution in [0.15, 0.2) is 48.5 Å². The van der Waals surface area contributed by atoms with Crippen molar-refractivity contribution in [3.63, 3.8) is 0 Å². The number of nitrogens with zero attached hydrogens (tertiary/aromatic N) is 2. The molecule has 0 aliphatic carbocycles. The van der Waals surface area contributed by atoms with Crippen LogP contribution in [0, 0.1) is 0 Å². The molecule has 4 nitrogen and oxygen atoms in total. The lowest BCUT2D eigenvalue weighted by atomic mass is 10.1. The molecule has 2 aromatic carbocycles. The van der Waals surface area contributed by atoms with Gasteiger partial charge in [-0.25, -0.2) is 0 Å². The van der Waals surface area contributed by atoms with Crippen LogP contribution in [0.5, 0.6) is 0 Å². The Morgan fingerprint density at radius 2 is 1.70 bits per heavy atom. The van der Waals surface area contributed by atoms with Crippen molar-refractivity contribution in [1.82, 2.24) is 4.90 Å². The quantitative estimate of drug-likeness (QED) is 0.833. The van der Waals surface area contributed by atoms with Crippen LogP contribution in [0.3, 0.4) is 0 Å². The molecular formula is C17H14Cl2N2O2. The molecule has 0 aromatic heterocycles. The van der Waals surface area contributed by atoms with Crippen LogP contribution in [-0.2, 0) is 4.79 Å². The molecule has 0 atom stereocenters. The minimum Gasteiger partial charge on any atom is -0.328 e. The van der Waals surface area contributed by atoms with Gasteiger partial charge in [-0.15, -0.1) is 0 Å². The fourth-order valence-corrected chi connectivity index (χ4v) is 2.84. The first-order valence-corrected chi connectivity index (χ1v) is 7.91. The van der Waals surface area contributed by atoms with Crippen molar-refractivity contribution in [2.24, 2.45) is 0 Å². The van der Waals surface area contributed by atoms with E-state index in [0.717, 1.165) is 5.69 Å². The molecule has 3 rings (SSSR count). The maximum absolute atomic E-state index is 12.5. The lowest BCUT2D eigenvalue weighted by molar-refractivity contribution is -0.120. The Kier molecular flexibility index (Phi) is 4.55. The molecule has 1 aliphatic heterocycles. The van der Waals surface area contributed by atoms with Crippen LogP contribution in [-0.4, -0.2) is 36.3 Å². The number of anilines is 1. The maximum Gasteiger partial charge on any atom is 0.254 e. The van der Waals surface area contributed by atoms with E-state index in [9.17, 15) is 9.59 Å². The second-order valence-corrected chi connectivity index (χ2v) is 6.05. The van der Waals surface area contributed by atoms with Crippen LogP contribution >= 0.6 is 23.2 Å². The Labute approximate surface area is 144 Å². The molecule has 2 amide bonds. The third-order valence-electron chi connectivity index (χ3n) is 3.74. The summed E-state index contributed by atoms with van der Waals surface area (Å²) < 4.78 is 0. The number of piperazine rings is 1. The Morgan fingerprint density at radius 1 is 0.957 bits per heavy atom. The molecule has 1 fully saturated rings. The monoisotopic (exact) mass is 348 g/mol. The van der Waals surface area contributed by atoms with Crippen LogP contribution in [0.25, 0.3) is 0 Å². The highest BCUT2D eigenvalue weighted by atomic mass is 35.5. The van der Waals surface area contributed by atoms with Gasteiger partial charge in [-0.3, -0.25) is 9.59 Å². The number of halogens is 2. The van der Waals surface area contributed by atoms with Gasteiger partial charge in [-0.1, -0.05) is 41.4 Å².